The molecule has 7 heavy (non-hydrogen) atoms. The predicted molar refractivity (Wildman–Crippen MR) is 28.7 cm³/mol. The molecule has 0 atom stereocenters. The van der Waals surface area contributed by atoms with Crippen LogP contribution in [0.25, 0.3) is 0 Å². The highest BCUT2D eigenvalue weighted by Gasteiger charge is 1.69. The molecule has 0 saturated heterocycles. The molecule has 0 spiro atoms. The summed E-state index contributed by atoms with van der Waals surface area (Å²) in [6.45, 7) is 1.64. The van der Waals surface area contributed by atoms with Crippen LogP contribution >= 0.6 is 0 Å². The molecule has 0 N–H and O–H groups in total. The Balaban J connectivity index is 2.91. The standard InChI is InChI=1S/C6H9F/c1-2-3-4-5-6-7/h2,5-6H2,1H3. The molecule has 0 aliphatic carbocycles. The van der Waals surface area contributed by atoms with E-state index >= 15 is 0 Å². The van der Waals surface area contributed by atoms with Crippen LogP contribution in [0.4, 0.5) is 4.39 Å². The first-order chi connectivity index (χ1) is 3.41. The molecule has 0 aromatic rings. The van der Waals surface area contributed by atoms with Gasteiger partial charge in [-0.15, -0.1) is 11.8 Å². The Bertz CT molecular complexity index is 75.9. The average molecular weight is 100 g/mol. The van der Waals surface area contributed by atoms with Crippen LogP contribution in [0, 0.1) is 11.8 Å². The third-order valence-corrected chi connectivity index (χ3v) is 0.521. The van der Waals surface area contributed by atoms with E-state index in [0.717, 1.165) is 6.42 Å². The van der Waals surface area contributed by atoms with Gasteiger partial charge in [0.05, 0.1) is 0 Å². The molecule has 0 radical (unpaired) electrons. The highest BCUT2D eigenvalue weighted by molar-refractivity contribution is 4.97. The van der Waals surface area contributed by atoms with Crippen LogP contribution in [0.2, 0.25) is 0 Å². The van der Waals surface area contributed by atoms with Crippen molar-refractivity contribution in [2.75, 3.05) is 6.67 Å². The van der Waals surface area contributed by atoms with Gasteiger partial charge in [0.15, 0.2) is 0 Å². The second-order valence-electron chi connectivity index (χ2n) is 1.15. The molecule has 0 aliphatic rings. The van der Waals surface area contributed by atoms with Gasteiger partial charge < -0.3 is 0 Å². The van der Waals surface area contributed by atoms with Gasteiger partial charge in [0.2, 0.25) is 0 Å². The maximum Gasteiger partial charge on any atom is 0.100 e. The molecule has 0 nitrogen and oxygen atoms in total. The third-order valence-electron chi connectivity index (χ3n) is 0.521. The first-order valence-electron chi connectivity index (χ1n) is 2.43. The fourth-order valence-electron chi connectivity index (χ4n) is 0.261. The molecular formula is C6H9F. The van der Waals surface area contributed by atoms with Crippen molar-refractivity contribution in [3.8, 4) is 11.8 Å². The highest BCUT2D eigenvalue weighted by atomic mass is 19.1. The Hall–Kier alpha value is -0.510. The smallest absolute Gasteiger partial charge is 0.100 e. The molecule has 0 heterocycles. The van der Waals surface area contributed by atoms with Crippen molar-refractivity contribution >= 4 is 0 Å². The molecule has 0 fully saturated rings. The SMILES string of the molecule is CCC#CCCF. The molecule has 1 heteroatoms. The summed E-state index contributed by atoms with van der Waals surface area (Å²) in [5.74, 6) is 5.42. The lowest BCUT2D eigenvalue weighted by Crippen LogP contribution is -1.66. The summed E-state index contributed by atoms with van der Waals surface area (Å²) < 4.78 is 11.2. The second-order valence-corrected chi connectivity index (χ2v) is 1.15. The summed E-state index contributed by atoms with van der Waals surface area (Å²) in [7, 11) is 0. The van der Waals surface area contributed by atoms with Crippen LogP contribution in [0.1, 0.15) is 19.8 Å². The normalized spacial score (nSPS) is 7.14. The first kappa shape index (κ1) is 6.49. The van der Waals surface area contributed by atoms with Crippen molar-refractivity contribution in [1.82, 2.24) is 0 Å². The van der Waals surface area contributed by atoms with E-state index in [1.165, 1.54) is 0 Å². The summed E-state index contributed by atoms with van der Waals surface area (Å²) >= 11 is 0. The zero-order chi connectivity index (χ0) is 5.54. The van der Waals surface area contributed by atoms with Gasteiger partial charge in [-0.3, -0.25) is 4.39 Å². The number of hydrogen-bond donors (Lipinski definition) is 0. The van der Waals surface area contributed by atoms with E-state index in [0.29, 0.717) is 6.42 Å². The van der Waals surface area contributed by atoms with E-state index in [2.05, 4.69) is 11.8 Å². The molecule has 0 saturated carbocycles. The van der Waals surface area contributed by atoms with Gasteiger partial charge in [0, 0.05) is 12.8 Å². The lowest BCUT2D eigenvalue weighted by atomic mass is 10.4. The van der Waals surface area contributed by atoms with Crippen molar-refractivity contribution < 1.29 is 4.39 Å². The van der Waals surface area contributed by atoms with Gasteiger partial charge in [0.25, 0.3) is 0 Å². The van der Waals surface area contributed by atoms with Crippen molar-refractivity contribution in [3.63, 3.8) is 0 Å². The molecule has 40 valence electrons. The quantitative estimate of drug-likeness (QED) is 0.440. The van der Waals surface area contributed by atoms with Crippen molar-refractivity contribution in [3.05, 3.63) is 0 Å². The zero-order valence-electron chi connectivity index (χ0n) is 4.50. The summed E-state index contributed by atoms with van der Waals surface area (Å²) in [6.07, 6.45) is 1.23. The number of rotatable bonds is 1. The molecule has 0 rings (SSSR count). The monoisotopic (exact) mass is 100 g/mol. The molecular weight excluding hydrogens is 91.1 g/mol. The molecule has 0 amide bonds. The van der Waals surface area contributed by atoms with Crippen LogP contribution in [0.5, 0.6) is 0 Å². The van der Waals surface area contributed by atoms with Gasteiger partial charge in [-0.05, 0) is 0 Å². The van der Waals surface area contributed by atoms with Crippen molar-refractivity contribution in [2.24, 2.45) is 0 Å². The Morgan fingerprint density at radius 3 is 2.57 bits per heavy atom. The Labute approximate surface area is 43.7 Å². The number of hydrogen-bond acceptors (Lipinski definition) is 0. The fourth-order valence-corrected chi connectivity index (χ4v) is 0.261. The van der Waals surface area contributed by atoms with Crippen LogP contribution in [0.15, 0.2) is 0 Å². The Morgan fingerprint density at radius 2 is 2.14 bits per heavy atom. The lowest BCUT2D eigenvalue weighted by Gasteiger charge is -1.71. The topological polar surface area (TPSA) is 0 Å². The average Bonchev–Trinajstić information content (AvgIpc) is 1.69. The van der Waals surface area contributed by atoms with Crippen LogP contribution in [0.3, 0.4) is 0 Å². The van der Waals surface area contributed by atoms with E-state index in [-0.39, 0.29) is 6.67 Å². The second kappa shape index (κ2) is 5.49. The lowest BCUT2D eigenvalue weighted by molar-refractivity contribution is 0.505. The minimum atomic E-state index is -0.312. The largest absolute Gasteiger partial charge is 0.250 e. The fraction of sp³-hybridized carbons (Fsp3) is 0.667. The van der Waals surface area contributed by atoms with Crippen LogP contribution in [-0.2, 0) is 0 Å². The van der Waals surface area contributed by atoms with E-state index in [1.807, 2.05) is 6.92 Å². The maximum atomic E-state index is 11.2. The minimum Gasteiger partial charge on any atom is -0.250 e. The summed E-state index contributed by atoms with van der Waals surface area (Å²) in [5.41, 5.74) is 0. The van der Waals surface area contributed by atoms with Crippen molar-refractivity contribution in [1.29, 1.82) is 0 Å². The molecule has 0 bridgehead atoms. The third kappa shape index (κ3) is 5.49. The highest BCUT2D eigenvalue weighted by Crippen LogP contribution is 1.75. The van der Waals surface area contributed by atoms with Crippen LogP contribution in [-0.4, -0.2) is 6.67 Å². The molecule has 0 aromatic carbocycles. The van der Waals surface area contributed by atoms with Gasteiger partial charge in [-0.1, -0.05) is 6.92 Å². The summed E-state index contributed by atoms with van der Waals surface area (Å²) in [6, 6.07) is 0. The first-order valence-corrected chi connectivity index (χ1v) is 2.43. The van der Waals surface area contributed by atoms with Gasteiger partial charge in [0.1, 0.15) is 6.67 Å². The maximum absolute atomic E-state index is 11.2. The minimum absolute atomic E-state index is 0.312. The molecule has 0 aliphatic heterocycles. The van der Waals surface area contributed by atoms with Gasteiger partial charge in [-0.25, -0.2) is 0 Å². The van der Waals surface area contributed by atoms with Gasteiger partial charge in [-0.2, -0.15) is 0 Å². The summed E-state index contributed by atoms with van der Waals surface area (Å²) in [5, 5.41) is 0. The predicted octanol–water partition coefficient (Wildman–Crippen LogP) is 1.76. The Morgan fingerprint density at radius 1 is 1.43 bits per heavy atom. The van der Waals surface area contributed by atoms with E-state index in [4.69, 9.17) is 0 Å². The van der Waals surface area contributed by atoms with Gasteiger partial charge >= 0.3 is 0 Å². The Kier molecular flexibility index (Phi) is 5.09. The van der Waals surface area contributed by atoms with E-state index < -0.39 is 0 Å². The number of halogens is 1. The molecule has 0 unspecified atom stereocenters. The van der Waals surface area contributed by atoms with E-state index in [9.17, 15) is 4.39 Å². The van der Waals surface area contributed by atoms with E-state index in [1.54, 1.807) is 0 Å². The summed E-state index contributed by atoms with van der Waals surface area (Å²) in [4.78, 5) is 0. The van der Waals surface area contributed by atoms with Crippen molar-refractivity contribution in [2.45, 2.75) is 19.8 Å². The number of alkyl halides is 1. The molecule has 0 aromatic heterocycles. The zero-order valence-corrected chi connectivity index (χ0v) is 4.50. The van der Waals surface area contributed by atoms with Crippen LogP contribution < -0.4 is 0 Å².